The molecule has 3 aromatic heterocycles. The van der Waals surface area contributed by atoms with Gasteiger partial charge in [0.05, 0.1) is 18.0 Å². The summed E-state index contributed by atoms with van der Waals surface area (Å²) in [7, 11) is 0. The molecular formula is C22H19N5O2S2. The number of nitrogens with one attached hydrogen (secondary N) is 1. The number of aromatic nitrogens is 4. The van der Waals surface area contributed by atoms with Crippen molar-refractivity contribution in [3.05, 3.63) is 65.8 Å². The number of thiazole rings is 1. The molecule has 3 heterocycles. The van der Waals surface area contributed by atoms with Gasteiger partial charge in [0.15, 0.2) is 5.16 Å². The average molecular weight is 450 g/mol. The largest absolute Gasteiger partial charge is 0.462 e. The van der Waals surface area contributed by atoms with Crippen molar-refractivity contribution in [1.29, 1.82) is 0 Å². The molecule has 0 unspecified atom stereocenters. The highest BCUT2D eigenvalue weighted by Gasteiger charge is 2.16. The second-order valence-electron chi connectivity index (χ2n) is 6.30. The normalized spacial score (nSPS) is 10.6. The standard InChI is InChI=1S/C22H19N5O2S2/c1-3-29-21(28)16-12-24-22(30-2)27-19(16)25-15-8-6-7-14(11-15)18-13-31-20(26-18)17-9-4-5-10-23-17/h4-13H,3H2,1-2H3,(H,24,25,27). The van der Waals surface area contributed by atoms with E-state index in [0.717, 1.165) is 27.6 Å². The van der Waals surface area contributed by atoms with Gasteiger partial charge in [-0.3, -0.25) is 4.98 Å². The van der Waals surface area contributed by atoms with Crippen LogP contribution in [-0.4, -0.2) is 38.8 Å². The summed E-state index contributed by atoms with van der Waals surface area (Å²) >= 11 is 2.94. The Morgan fingerprint density at radius 2 is 2.03 bits per heavy atom. The quantitative estimate of drug-likeness (QED) is 0.231. The second kappa shape index (κ2) is 9.67. The number of esters is 1. The molecule has 0 saturated heterocycles. The SMILES string of the molecule is CCOC(=O)c1cnc(SC)nc1Nc1cccc(-c2csc(-c3ccccn3)n2)c1. The van der Waals surface area contributed by atoms with Crippen LogP contribution in [0.25, 0.3) is 22.0 Å². The minimum Gasteiger partial charge on any atom is -0.462 e. The van der Waals surface area contributed by atoms with Gasteiger partial charge in [-0.2, -0.15) is 0 Å². The first kappa shape index (κ1) is 21.0. The van der Waals surface area contributed by atoms with Crippen LogP contribution >= 0.6 is 23.1 Å². The first-order chi connectivity index (χ1) is 15.2. The number of rotatable bonds is 7. The van der Waals surface area contributed by atoms with Crippen molar-refractivity contribution in [3.63, 3.8) is 0 Å². The fraction of sp³-hybridized carbons (Fsp3) is 0.136. The third kappa shape index (κ3) is 4.89. The lowest BCUT2D eigenvalue weighted by Crippen LogP contribution is -2.10. The molecule has 0 fully saturated rings. The van der Waals surface area contributed by atoms with Gasteiger partial charge in [-0.05, 0) is 37.4 Å². The molecule has 0 radical (unpaired) electrons. The predicted octanol–water partition coefficient (Wildman–Crippen LogP) is 5.30. The van der Waals surface area contributed by atoms with Crippen molar-refractivity contribution in [1.82, 2.24) is 19.9 Å². The van der Waals surface area contributed by atoms with Crippen LogP contribution in [0.2, 0.25) is 0 Å². The van der Waals surface area contributed by atoms with E-state index in [1.54, 1.807) is 24.5 Å². The summed E-state index contributed by atoms with van der Waals surface area (Å²) in [6.45, 7) is 2.04. The van der Waals surface area contributed by atoms with Gasteiger partial charge >= 0.3 is 5.97 Å². The van der Waals surface area contributed by atoms with E-state index >= 15 is 0 Å². The van der Waals surface area contributed by atoms with Crippen LogP contribution in [0, 0.1) is 0 Å². The summed E-state index contributed by atoms with van der Waals surface area (Å²) in [4.78, 5) is 30.1. The predicted molar refractivity (Wildman–Crippen MR) is 124 cm³/mol. The minimum absolute atomic E-state index is 0.278. The van der Waals surface area contributed by atoms with Gasteiger partial charge in [0, 0.05) is 29.0 Å². The van der Waals surface area contributed by atoms with Gasteiger partial charge in [0.25, 0.3) is 0 Å². The van der Waals surface area contributed by atoms with E-state index in [4.69, 9.17) is 9.72 Å². The maximum atomic E-state index is 12.3. The smallest absolute Gasteiger partial charge is 0.343 e. The summed E-state index contributed by atoms with van der Waals surface area (Å²) in [6, 6.07) is 13.6. The number of anilines is 2. The Kier molecular flexibility index (Phi) is 6.54. The molecule has 0 bridgehead atoms. The molecule has 1 aromatic carbocycles. The zero-order valence-corrected chi connectivity index (χ0v) is 18.5. The van der Waals surface area contributed by atoms with Crippen LogP contribution in [0.3, 0.4) is 0 Å². The highest BCUT2D eigenvalue weighted by Crippen LogP contribution is 2.30. The summed E-state index contributed by atoms with van der Waals surface area (Å²) in [5.41, 5.74) is 3.71. The molecule has 0 aliphatic heterocycles. The number of carbonyl (C=O) groups is 1. The Morgan fingerprint density at radius 1 is 1.13 bits per heavy atom. The van der Waals surface area contributed by atoms with Crippen molar-refractivity contribution in [3.8, 4) is 22.0 Å². The molecule has 1 N–H and O–H groups in total. The Hall–Kier alpha value is -3.30. The lowest BCUT2D eigenvalue weighted by Gasteiger charge is -2.11. The third-order valence-corrected chi connectivity index (χ3v) is 5.68. The van der Waals surface area contributed by atoms with Gasteiger partial charge in [0.1, 0.15) is 16.4 Å². The first-order valence-electron chi connectivity index (χ1n) is 9.50. The van der Waals surface area contributed by atoms with E-state index in [9.17, 15) is 4.79 Å². The topological polar surface area (TPSA) is 89.9 Å². The average Bonchev–Trinajstić information content (AvgIpc) is 3.30. The maximum Gasteiger partial charge on any atom is 0.343 e. The molecule has 4 aromatic rings. The van der Waals surface area contributed by atoms with E-state index < -0.39 is 5.97 Å². The van der Waals surface area contributed by atoms with Crippen LogP contribution < -0.4 is 5.32 Å². The van der Waals surface area contributed by atoms with Gasteiger partial charge < -0.3 is 10.1 Å². The van der Waals surface area contributed by atoms with Crippen molar-refractivity contribution in [2.24, 2.45) is 0 Å². The number of ether oxygens (including phenoxy) is 1. The zero-order chi connectivity index (χ0) is 21.6. The van der Waals surface area contributed by atoms with Crippen molar-refractivity contribution >= 4 is 40.6 Å². The summed E-state index contributed by atoms with van der Waals surface area (Å²) in [5, 5.41) is 6.66. The number of carbonyl (C=O) groups excluding carboxylic acids is 1. The molecule has 0 aliphatic carbocycles. The summed E-state index contributed by atoms with van der Waals surface area (Å²) in [6.07, 6.45) is 5.13. The number of hydrogen-bond acceptors (Lipinski definition) is 9. The Labute approximate surface area is 188 Å². The molecule has 0 atom stereocenters. The Morgan fingerprint density at radius 3 is 2.81 bits per heavy atom. The van der Waals surface area contributed by atoms with E-state index in [2.05, 4.69) is 20.3 Å². The molecule has 156 valence electrons. The number of pyridine rings is 1. The van der Waals surface area contributed by atoms with Gasteiger partial charge in [-0.1, -0.05) is 30.0 Å². The highest BCUT2D eigenvalue weighted by molar-refractivity contribution is 7.98. The van der Waals surface area contributed by atoms with E-state index in [1.807, 2.05) is 54.1 Å². The van der Waals surface area contributed by atoms with Crippen molar-refractivity contribution < 1.29 is 9.53 Å². The minimum atomic E-state index is -0.465. The fourth-order valence-corrected chi connectivity index (χ4v) is 3.97. The Bertz CT molecular complexity index is 1200. The number of nitrogens with zero attached hydrogens (tertiary/aromatic N) is 4. The molecule has 7 nitrogen and oxygen atoms in total. The molecular weight excluding hydrogens is 430 g/mol. The first-order valence-corrected chi connectivity index (χ1v) is 11.6. The van der Waals surface area contributed by atoms with Crippen LogP contribution in [0.15, 0.2) is 65.4 Å². The van der Waals surface area contributed by atoms with Gasteiger partial charge in [-0.15, -0.1) is 11.3 Å². The van der Waals surface area contributed by atoms with E-state index in [0.29, 0.717) is 11.0 Å². The van der Waals surface area contributed by atoms with Crippen molar-refractivity contribution in [2.45, 2.75) is 12.1 Å². The molecule has 4 rings (SSSR count). The lowest BCUT2D eigenvalue weighted by atomic mass is 10.1. The summed E-state index contributed by atoms with van der Waals surface area (Å²) in [5.74, 6) is -0.0595. The lowest BCUT2D eigenvalue weighted by molar-refractivity contribution is 0.0526. The molecule has 0 aliphatic rings. The summed E-state index contributed by atoms with van der Waals surface area (Å²) < 4.78 is 5.14. The van der Waals surface area contributed by atoms with Crippen LogP contribution in [-0.2, 0) is 4.74 Å². The fourth-order valence-electron chi connectivity index (χ4n) is 2.82. The second-order valence-corrected chi connectivity index (χ2v) is 7.93. The maximum absolute atomic E-state index is 12.3. The van der Waals surface area contributed by atoms with Crippen LogP contribution in [0.1, 0.15) is 17.3 Å². The zero-order valence-electron chi connectivity index (χ0n) is 16.9. The molecule has 0 spiro atoms. The van der Waals surface area contributed by atoms with E-state index in [1.165, 1.54) is 18.0 Å². The van der Waals surface area contributed by atoms with Crippen LogP contribution in [0.5, 0.6) is 0 Å². The van der Waals surface area contributed by atoms with E-state index in [-0.39, 0.29) is 12.2 Å². The number of benzene rings is 1. The molecule has 0 amide bonds. The van der Waals surface area contributed by atoms with Gasteiger partial charge in [0.2, 0.25) is 0 Å². The highest BCUT2D eigenvalue weighted by atomic mass is 32.2. The molecule has 9 heteroatoms. The molecule has 31 heavy (non-hydrogen) atoms. The van der Waals surface area contributed by atoms with Gasteiger partial charge in [-0.25, -0.2) is 19.7 Å². The van der Waals surface area contributed by atoms with Crippen molar-refractivity contribution in [2.75, 3.05) is 18.2 Å². The van der Waals surface area contributed by atoms with Crippen LogP contribution in [0.4, 0.5) is 11.5 Å². The number of hydrogen-bond donors (Lipinski definition) is 1. The number of thioether (sulfide) groups is 1. The monoisotopic (exact) mass is 449 g/mol. The third-order valence-electron chi connectivity index (χ3n) is 4.25. The molecule has 0 saturated carbocycles. The Balaban J connectivity index is 1.63.